The number of hydrogen-bond acceptors (Lipinski definition) is 4. The molecule has 0 aliphatic carbocycles. The minimum absolute atomic E-state index is 1.05. The molecule has 1 aliphatic rings. The number of rotatable bonds is 3. The van der Waals surface area contributed by atoms with Crippen molar-refractivity contribution in [2.45, 2.75) is 25.7 Å². The summed E-state index contributed by atoms with van der Waals surface area (Å²) in [5.41, 5.74) is 3.38. The van der Waals surface area contributed by atoms with E-state index in [1.165, 1.54) is 31.2 Å². The highest BCUT2D eigenvalue weighted by atomic mass is 32.1. The Labute approximate surface area is 147 Å². The van der Waals surface area contributed by atoms with E-state index in [0.29, 0.717) is 0 Å². The molecule has 3 nitrogen and oxygen atoms in total. The molecule has 0 atom stereocenters. The normalized spacial score (nSPS) is 15.2. The number of pyridine rings is 1. The lowest BCUT2D eigenvalue weighted by molar-refractivity contribution is 0.726. The summed E-state index contributed by atoms with van der Waals surface area (Å²) in [4.78, 5) is 11.8. The molecule has 0 spiro atoms. The van der Waals surface area contributed by atoms with Gasteiger partial charge in [-0.15, -0.1) is 11.3 Å². The molecular weight excluding hydrogens is 314 g/mol. The second kappa shape index (κ2) is 7.14. The minimum Gasteiger partial charge on any atom is -0.357 e. The van der Waals surface area contributed by atoms with E-state index in [-0.39, 0.29) is 0 Å². The summed E-state index contributed by atoms with van der Waals surface area (Å²) in [5, 5.41) is 3.20. The first-order valence-electron chi connectivity index (χ1n) is 8.62. The third-order valence-corrected chi connectivity index (χ3v) is 5.39. The Hall–Kier alpha value is -2.20. The van der Waals surface area contributed by atoms with Crippen molar-refractivity contribution < 1.29 is 0 Å². The van der Waals surface area contributed by atoms with Crippen molar-refractivity contribution in [1.82, 2.24) is 9.97 Å². The Kier molecular flexibility index (Phi) is 4.56. The third-order valence-electron chi connectivity index (χ3n) is 4.50. The predicted octanol–water partition coefficient (Wildman–Crippen LogP) is 5.25. The maximum Gasteiger partial charge on any atom is 0.129 e. The van der Waals surface area contributed by atoms with E-state index in [0.717, 1.165) is 35.2 Å². The van der Waals surface area contributed by atoms with Gasteiger partial charge in [0.25, 0.3) is 0 Å². The molecular formula is C20H21N3S. The molecule has 0 saturated carbocycles. The van der Waals surface area contributed by atoms with E-state index in [2.05, 4.69) is 51.7 Å². The second-order valence-corrected chi connectivity index (χ2v) is 7.07. The standard InChI is InChI=1S/C20H21N3S/c1-2-7-13-23(12-6-1)19-14-17(10-11-21-19)20-22-18(15-24-20)16-8-4-3-5-9-16/h3-5,8-11,14-15H,1-2,6-7,12-13H2. The van der Waals surface area contributed by atoms with Crippen LogP contribution in [-0.4, -0.2) is 23.1 Å². The van der Waals surface area contributed by atoms with E-state index in [1.807, 2.05) is 12.3 Å². The van der Waals surface area contributed by atoms with Crippen molar-refractivity contribution in [3.8, 4) is 21.8 Å². The maximum absolute atomic E-state index is 4.83. The number of aromatic nitrogens is 2. The van der Waals surface area contributed by atoms with E-state index in [1.54, 1.807) is 11.3 Å². The SMILES string of the molecule is c1ccc(-c2csc(-c3ccnc(N4CCCCCC4)c3)n2)cc1. The van der Waals surface area contributed by atoms with Crippen LogP contribution in [0, 0.1) is 0 Å². The molecule has 4 heteroatoms. The van der Waals surface area contributed by atoms with Gasteiger partial charge in [0.1, 0.15) is 10.8 Å². The molecule has 3 heterocycles. The maximum atomic E-state index is 4.83. The second-order valence-electron chi connectivity index (χ2n) is 6.21. The van der Waals surface area contributed by atoms with Gasteiger partial charge in [0, 0.05) is 35.8 Å². The first-order valence-corrected chi connectivity index (χ1v) is 9.50. The summed E-state index contributed by atoms with van der Waals surface area (Å²) in [7, 11) is 0. The lowest BCUT2D eigenvalue weighted by Crippen LogP contribution is -2.24. The van der Waals surface area contributed by atoms with E-state index < -0.39 is 0 Å². The number of hydrogen-bond donors (Lipinski definition) is 0. The Morgan fingerprint density at radius 2 is 1.67 bits per heavy atom. The van der Waals surface area contributed by atoms with Crippen molar-refractivity contribution in [2.24, 2.45) is 0 Å². The third kappa shape index (κ3) is 3.34. The largest absolute Gasteiger partial charge is 0.357 e. The fourth-order valence-corrected chi connectivity index (χ4v) is 4.00. The molecule has 24 heavy (non-hydrogen) atoms. The first kappa shape index (κ1) is 15.3. The number of nitrogens with zero attached hydrogens (tertiary/aromatic N) is 3. The van der Waals surface area contributed by atoms with Crippen molar-refractivity contribution in [1.29, 1.82) is 0 Å². The fraction of sp³-hybridized carbons (Fsp3) is 0.300. The monoisotopic (exact) mass is 335 g/mol. The molecule has 0 amide bonds. The summed E-state index contributed by atoms with van der Waals surface area (Å²) in [6.45, 7) is 2.23. The van der Waals surface area contributed by atoms with Crippen molar-refractivity contribution in [3.63, 3.8) is 0 Å². The van der Waals surface area contributed by atoms with Gasteiger partial charge in [-0.1, -0.05) is 43.2 Å². The van der Waals surface area contributed by atoms with E-state index in [9.17, 15) is 0 Å². The zero-order valence-corrected chi connectivity index (χ0v) is 14.5. The van der Waals surface area contributed by atoms with Crippen molar-refractivity contribution >= 4 is 17.2 Å². The van der Waals surface area contributed by atoms with Gasteiger partial charge in [0.2, 0.25) is 0 Å². The molecule has 0 N–H and O–H groups in total. The van der Waals surface area contributed by atoms with Crippen LogP contribution in [-0.2, 0) is 0 Å². The molecule has 0 radical (unpaired) electrons. The van der Waals surface area contributed by atoms with Crippen LogP contribution in [0.1, 0.15) is 25.7 Å². The minimum atomic E-state index is 1.05. The van der Waals surface area contributed by atoms with Crippen LogP contribution < -0.4 is 4.90 Å². The van der Waals surface area contributed by atoms with Crippen LogP contribution in [0.3, 0.4) is 0 Å². The molecule has 2 aromatic heterocycles. The topological polar surface area (TPSA) is 29.0 Å². The number of anilines is 1. The molecule has 3 aromatic rings. The lowest BCUT2D eigenvalue weighted by atomic mass is 10.2. The molecule has 122 valence electrons. The van der Waals surface area contributed by atoms with Gasteiger partial charge in [0.05, 0.1) is 5.69 Å². The Balaban J connectivity index is 1.60. The van der Waals surface area contributed by atoms with Crippen LogP contribution in [0.15, 0.2) is 54.0 Å². The van der Waals surface area contributed by atoms with Crippen LogP contribution in [0.2, 0.25) is 0 Å². The number of thiazole rings is 1. The Bertz CT molecular complexity index is 789. The van der Waals surface area contributed by atoms with Gasteiger partial charge in [-0.3, -0.25) is 0 Å². The molecule has 1 fully saturated rings. The summed E-state index contributed by atoms with van der Waals surface area (Å²) < 4.78 is 0. The summed E-state index contributed by atoms with van der Waals surface area (Å²) in [6, 6.07) is 14.6. The van der Waals surface area contributed by atoms with Gasteiger partial charge >= 0.3 is 0 Å². The van der Waals surface area contributed by atoms with E-state index in [4.69, 9.17) is 4.98 Å². The summed E-state index contributed by atoms with van der Waals surface area (Å²) in [6.07, 6.45) is 7.12. The van der Waals surface area contributed by atoms with Crippen molar-refractivity contribution in [2.75, 3.05) is 18.0 Å². The molecule has 0 unspecified atom stereocenters. The molecule has 1 saturated heterocycles. The molecule has 1 aliphatic heterocycles. The van der Waals surface area contributed by atoms with Gasteiger partial charge in [-0.25, -0.2) is 9.97 Å². The first-order chi connectivity index (χ1) is 11.9. The van der Waals surface area contributed by atoms with Crippen LogP contribution in [0.25, 0.3) is 21.8 Å². The molecule has 0 bridgehead atoms. The predicted molar refractivity (Wildman–Crippen MR) is 101 cm³/mol. The lowest BCUT2D eigenvalue weighted by Gasteiger charge is -2.21. The Morgan fingerprint density at radius 1 is 0.875 bits per heavy atom. The summed E-state index contributed by atoms with van der Waals surface area (Å²) >= 11 is 1.70. The number of benzene rings is 1. The van der Waals surface area contributed by atoms with Crippen molar-refractivity contribution in [3.05, 3.63) is 54.0 Å². The summed E-state index contributed by atoms with van der Waals surface area (Å²) in [5.74, 6) is 1.09. The zero-order chi connectivity index (χ0) is 16.2. The average molecular weight is 335 g/mol. The van der Waals surface area contributed by atoms with Gasteiger partial charge in [-0.2, -0.15) is 0 Å². The van der Waals surface area contributed by atoms with Crippen LogP contribution in [0.4, 0.5) is 5.82 Å². The zero-order valence-electron chi connectivity index (χ0n) is 13.7. The smallest absolute Gasteiger partial charge is 0.129 e. The Morgan fingerprint density at radius 3 is 2.46 bits per heavy atom. The average Bonchev–Trinajstić information content (AvgIpc) is 2.98. The van der Waals surface area contributed by atoms with Crippen LogP contribution in [0.5, 0.6) is 0 Å². The highest BCUT2D eigenvalue weighted by Crippen LogP contribution is 2.30. The van der Waals surface area contributed by atoms with Gasteiger partial charge < -0.3 is 4.90 Å². The highest BCUT2D eigenvalue weighted by Gasteiger charge is 2.13. The van der Waals surface area contributed by atoms with Gasteiger partial charge in [-0.05, 0) is 25.0 Å². The molecule has 1 aromatic carbocycles. The quantitative estimate of drug-likeness (QED) is 0.654. The van der Waals surface area contributed by atoms with E-state index >= 15 is 0 Å². The van der Waals surface area contributed by atoms with Gasteiger partial charge in [0.15, 0.2) is 0 Å². The van der Waals surface area contributed by atoms with Crippen LogP contribution >= 0.6 is 11.3 Å². The highest BCUT2D eigenvalue weighted by molar-refractivity contribution is 7.13. The fourth-order valence-electron chi connectivity index (χ4n) is 3.17. The molecule has 4 rings (SSSR count).